The van der Waals surface area contributed by atoms with Gasteiger partial charge in [0.05, 0.1) is 5.52 Å². The normalized spacial score (nSPS) is 10.6. The Kier molecular flexibility index (Phi) is 4.71. The fourth-order valence-electron chi connectivity index (χ4n) is 1.77. The molecule has 0 aliphatic heterocycles. The van der Waals surface area contributed by atoms with Crippen LogP contribution in [0.4, 0.5) is 0 Å². The lowest BCUT2D eigenvalue weighted by atomic mass is 10.2. The number of nitrogens with zero attached hydrogens (tertiary/aromatic N) is 1. The molecule has 2 aromatic rings. The van der Waals surface area contributed by atoms with Gasteiger partial charge in [0.25, 0.3) is 5.91 Å². The second kappa shape index (κ2) is 6.50. The Morgan fingerprint density at radius 2 is 2.05 bits per heavy atom. The fourth-order valence-corrected chi connectivity index (χ4v) is 1.94. The molecule has 2 rings (SSSR count). The standard InChI is InChI=1S/C14H16ClN3O/c1-16-7-2-8-17-14(19)12-6-4-10-3-5-11(15)9-13(10)18-12/h3-6,9,16H,2,7-8H2,1H3,(H,17,19). The predicted molar refractivity (Wildman–Crippen MR) is 77.6 cm³/mol. The number of hydrogen-bond acceptors (Lipinski definition) is 3. The molecule has 1 heterocycles. The smallest absolute Gasteiger partial charge is 0.269 e. The molecule has 19 heavy (non-hydrogen) atoms. The quantitative estimate of drug-likeness (QED) is 0.824. The monoisotopic (exact) mass is 277 g/mol. The van der Waals surface area contributed by atoms with Crippen molar-refractivity contribution in [2.75, 3.05) is 20.1 Å². The summed E-state index contributed by atoms with van der Waals surface area (Å²) in [5.41, 5.74) is 1.15. The van der Waals surface area contributed by atoms with Crippen molar-refractivity contribution in [2.45, 2.75) is 6.42 Å². The summed E-state index contributed by atoms with van der Waals surface area (Å²) in [6, 6.07) is 9.06. The zero-order valence-electron chi connectivity index (χ0n) is 10.7. The van der Waals surface area contributed by atoms with Crippen LogP contribution in [0.15, 0.2) is 30.3 Å². The molecule has 0 spiro atoms. The van der Waals surface area contributed by atoms with E-state index >= 15 is 0 Å². The highest BCUT2D eigenvalue weighted by Crippen LogP contribution is 2.17. The van der Waals surface area contributed by atoms with Gasteiger partial charge in [-0.25, -0.2) is 4.98 Å². The number of pyridine rings is 1. The van der Waals surface area contributed by atoms with Gasteiger partial charge in [0.1, 0.15) is 5.69 Å². The van der Waals surface area contributed by atoms with Crippen LogP contribution in [-0.4, -0.2) is 31.0 Å². The van der Waals surface area contributed by atoms with E-state index in [1.165, 1.54) is 0 Å². The summed E-state index contributed by atoms with van der Waals surface area (Å²) in [6.07, 6.45) is 0.891. The maximum atomic E-state index is 11.9. The molecule has 0 fully saturated rings. The van der Waals surface area contributed by atoms with Gasteiger partial charge in [-0.3, -0.25) is 4.79 Å². The molecule has 1 aromatic heterocycles. The third-order valence-corrected chi connectivity index (χ3v) is 3.01. The SMILES string of the molecule is CNCCCNC(=O)c1ccc2ccc(Cl)cc2n1. The number of hydrogen-bond donors (Lipinski definition) is 2. The fraction of sp³-hybridized carbons (Fsp3) is 0.286. The van der Waals surface area contributed by atoms with Crippen molar-refractivity contribution < 1.29 is 4.79 Å². The first-order valence-corrected chi connectivity index (χ1v) is 6.57. The van der Waals surface area contributed by atoms with Gasteiger partial charge in [0.15, 0.2) is 0 Å². The van der Waals surface area contributed by atoms with Gasteiger partial charge in [-0.05, 0) is 38.2 Å². The van der Waals surface area contributed by atoms with E-state index in [4.69, 9.17) is 11.6 Å². The summed E-state index contributed by atoms with van der Waals surface area (Å²) in [5.74, 6) is -0.155. The lowest BCUT2D eigenvalue weighted by Crippen LogP contribution is -2.27. The number of rotatable bonds is 5. The largest absolute Gasteiger partial charge is 0.351 e. The molecular formula is C14H16ClN3O. The number of benzene rings is 1. The molecule has 0 unspecified atom stereocenters. The predicted octanol–water partition coefficient (Wildman–Crippen LogP) is 2.23. The first-order chi connectivity index (χ1) is 9.20. The molecule has 0 saturated carbocycles. The van der Waals surface area contributed by atoms with Gasteiger partial charge in [0.2, 0.25) is 0 Å². The number of aromatic nitrogens is 1. The second-order valence-corrected chi connectivity index (χ2v) is 4.68. The Bertz CT molecular complexity index is 586. The second-order valence-electron chi connectivity index (χ2n) is 4.25. The van der Waals surface area contributed by atoms with E-state index in [1.54, 1.807) is 12.1 Å². The summed E-state index contributed by atoms with van der Waals surface area (Å²) >= 11 is 5.92. The molecule has 0 radical (unpaired) electrons. The van der Waals surface area contributed by atoms with Crippen LogP contribution in [-0.2, 0) is 0 Å². The highest BCUT2D eigenvalue weighted by atomic mass is 35.5. The molecule has 0 aliphatic carbocycles. The van der Waals surface area contributed by atoms with Crippen LogP contribution >= 0.6 is 11.6 Å². The van der Waals surface area contributed by atoms with E-state index in [1.807, 2.05) is 25.2 Å². The minimum absolute atomic E-state index is 0.155. The maximum Gasteiger partial charge on any atom is 0.269 e. The van der Waals surface area contributed by atoms with Gasteiger partial charge in [-0.1, -0.05) is 23.7 Å². The minimum Gasteiger partial charge on any atom is -0.351 e. The Labute approximate surface area is 117 Å². The Hall–Kier alpha value is -1.65. The molecule has 1 amide bonds. The van der Waals surface area contributed by atoms with Gasteiger partial charge < -0.3 is 10.6 Å². The summed E-state index contributed by atoms with van der Waals surface area (Å²) < 4.78 is 0. The van der Waals surface area contributed by atoms with Gasteiger partial charge >= 0.3 is 0 Å². The summed E-state index contributed by atoms with van der Waals surface area (Å²) in [4.78, 5) is 16.2. The van der Waals surface area contributed by atoms with Crippen molar-refractivity contribution in [2.24, 2.45) is 0 Å². The molecule has 5 heteroatoms. The molecule has 2 N–H and O–H groups in total. The van der Waals surface area contributed by atoms with E-state index in [0.717, 1.165) is 23.9 Å². The molecule has 0 bridgehead atoms. The lowest BCUT2D eigenvalue weighted by molar-refractivity contribution is 0.0948. The van der Waals surface area contributed by atoms with E-state index in [-0.39, 0.29) is 5.91 Å². The van der Waals surface area contributed by atoms with Crippen LogP contribution in [0.2, 0.25) is 5.02 Å². The third kappa shape index (κ3) is 3.66. The van der Waals surface area contributed by atoms with Crippen LogP contribution in [0.3, 0.4) is 0 Å². The van der Waals surface area contributed by atoms with E-state index < -0.39 is 0 Å². The van der Waals surface area contributed by atoms with Gasteiger partial charge in [-0.2, -0.15) is 0 Å². The average molecular weight is 278 g/mol. The summed E-state index contributed by atoms with van der Waals surface area (Å²) in [7, 11) is 1.89. The lowest BCUT2D eigenvalue weighted by Gasteiger charge is -2.05. The van der Waals surface area contributed by atoms with Crippen LogP contribution in [0, 0.1) is 0 Å². The Morgan fingerprint density at radius 3 is 2.84 bits per heavy atom. The number of halogens is 1. The molecular weight excluding hydrogens is 262 g/mol. The Morgan fingerprint density at radius 1 is 1.26 bits per heavy atom. The van der Waals surface area contributed by atoms with E-state index in [0.29, 0.717) is 17.3 Å². The molecule has 0 aliphatic rings. The zero-order valence-corrected chi connectivity index (χ0v) is 11.5. The number of carbonyl (C=O) groups excluding carboxylic acids is 1. The summed E-state index contributed by atoms with van der Waals surface area (Å²) in [5, 5.41) is 7.45. The first kappa shape index (κ1) is 13.8. The van der Waals surface area contributed by atoms with Crippen LogP contribution < -0.4 is 10.6 Å². The van der Waals surface area contributed by atoms with Crippen molar-refractivity contribution in [1.82, 2.24) is 15.6 Å². The van der Waals surface area contributed by atoms with Crippen LogP contribution in [0.25, 0.3) is 10.9 Å². The highest BCUT2D eigenvalue weighted by Gasteiger charge is 2.07. The third-order valence-electron chi connectivity index (χ3n) is 2.78. The maximum absolute atomic E-state index is 11.9. The van der Waals surface area contributed by atoms with Gasteiger partial charge in [-0.15, -0.1) is 0 Å². The minimum atomic E-state index is -0.155. The first-order valence-electron chi connectivity index (χ1n) is 6.20. The molecule has 0 saturated heterocycles. The highest BCUT2D eigenvalue weighted by molar-refractivity contribution is 6.31. The topological polar surface area (TPSA) is 54.0 Å². The van der Waals surface area contributed by atoms with Crippen molar-refractivity contribution >= 4 is 28.4 Å². The van der Waals surface area contributed by atoms with Gasteiger partial charge in [0, 0.05) is 17.0 Å². The van der Waals surface area contributed by atoms with Crippen molar-refractivity contribution in [1.29, 1.82) is 0 Å². The van der Waals surface area contributed by atoms with Crippen molar-refractivity contribution in [3.63, 3.8) is 0 Å². The summed E-state index contributed by atoms with van der Waals surface area (Å²) in [6.45, 7) is 1.51. The average Bonchev–Trinajstić information content (AvgIpc) is 2.42. The van der Waals surface area contributed by atoms with Crippen LogP contribution in [0.1, 0.15) is 16.9 Å². The van der Waals surface area contributed by atoms with E-state index in [9.17, 15) is 4.79 Å². The number of carbonyl (C=O) groups is 1. The Balaban J connectivity index is 2.09. The number of amides is 1. The van der Waals surface area contributed by atoms with Crippen molar-refractivity contribution in [3.8, 4) is 0 Å². The molecule has 0 atom stereocenters. The van der Waals surface area contributed by atoms with E-state index in [2.05, 4.69) is 15.6 Å². The zero-order chi connectivity index (χ0) is 13.7. The number of fused-ring (bicyclic) bond motifs is 1. The molecule has 100 valence electrons. The van der Waals surface area contributed by atoms with Crippen molar-refractivity contribution in [3.05, 3.63) is 41.0 Å². The van der Waals surface area contributed by atoms with Crippen LogP contribution in [0.5, 0.6) is 0 Å². The molecule has 4 nitrogen and oxygen atoms in total. The number of nitrogens with one attached hydrogen (secondary N) is 2. The molecule has 1 aromatic carbocycles.